The number of nitrogens with zero attached hydrogens (tertiary/aromatic N) is 10. The second-order valence-corrected chi connectivity index (χ2v) is 41.3. The average molecular weight is 2020 g/mol. The second kappa shape index (κ2) is 44.1. The standard InChI is InChI=1S/C25H29FN6O5S.C25H26N4O5S.C25H28N4O4S.C24H24N4O6S/c1-25(2,15-31-13-17(26)14-31)32-10-7-22(29-32)38(34,35)30-24(33)28-23-18(4-5-20-19(23)8-11-37-20)16-6-9-27-21(12-16)36-3;1-29(2)24(30)17-7-10-19(11-8-17)35(32,33)28-25(31)27-23-20-6-4-5-16(20)9-12-21(23)18-13-14-26-22(15-18)34-3;1-29(2)16-17-7-10-20(11-8-17)34(31,32)28-25(30)27-24-21-6-4-5-18(21)9-12-22(24)19-13-14-26-23(15-19)33-3;1-28(2)23(29)15-4-6-17(7-5-15)35(31,32)27-24(30)26-22-18(8-9-20-19(22)11-13-34-20)16-10-12-25-21(14-16)33-3/h4-7,9-10,12,17H,8,11,13-15H2,1-3H3,(H2,28,30,33);7-15H,4-6H2,1-3H3,(H2,27,28,31);7-15H,4-6,16H2,1-3H3,(H2,27,28,30);4-10,12,14H,11,13H2,1-3H3,(H2,26,27,30)/i;;3D3;. The molecule has 43 heteroatoms. The summed E-state index contributed by atoms with van der Waals surface area (Å²) in [5, 5.41) is 14.8. The zero-order valence-corrected chi connectivity index (χ0v) is 82.5. The molecule has 142 heavy (non-hydrogen) atoms. The lowest BCUT2D eigenvalue weighted by molar-refractivity contribution is 0.0339. The number of carbonyl (C=O) groups is 6. The van der Waals surface area contributed by atoms with Gasteiger partial charge in [0.15, 0.2) is 5.03 Å². The Labute approximate surface area is 825 Å². The number of halogens is 1. The topological polar surface area (TPSA) is 473 Å². The number of anilines is 4. The monoisotopic (exact) mass is 2020 g/mol. The van der Waals surface area contributed by atoms with Crippen molar-refractivity contribution in [1.82, 2.24) is 68.2 Å². The van der Waals surface area contributed by atoms with Crippen molar-refractivity contribution < 1.29 is 99.4 Å². The number of alkyl halides is 1. The van der Waals surface area contributed by atoms with Crippen molar-refractivity contribution in [2.24, 2.45) is 0 Å². The van der Waals surface area contributed by atoms with Gasteiger partial charge in [-0.25, -0.2) is 87.6 Å². The van der Waals surface area contributed by atoms with Gasteiger partial charge in [0.25, 0.3) is 51.9 Å². The summed E-state index contributed by atoms with van der Waals surface area (Å²) >= 11 is 0. The molecule has 8 heterocycles. The Morgan fingerprint density at radius 2 is 0.782 bits per heavy atom. The molecule has 38 nitrogen and oxygen atoms in total. The van der Waals surface area contributed by atoms with E-state index in [9.17, 15) is 66.8 Å². The number of pyridine rings is 4. The summed E-state index contributed by atoms with van der Waals surface area (Å²) in [7, 11) is -4.64. The van der Waals surface area contributed by atoms with Crippen LogP contribution in [0.4, 0.5) is 46.3 Å². The van der Waals surface area contributed by atoms with Gasteiger partial charge in [-0.15, -0.1) is 0 Å². The van der Waals surface area contributed by atoms with Gasteiger partial charge in [-0.2, -0.15) is 13.5 Å². The molecule has 2 aliphatic carbocycles. The van der Waals surface area contributed by atoms with Gasteiger partial charge in [-0.3, -0.25) is 19.2 Å². The number of urea groups is 4. The van der Waals surface area contributed by atoms with Crippen LogP contribution in [0.1, 0.15) is 90.5 Å². The summed E-state index contributed by atoms with van der Waals surface area (Å²) in [6.45, 7) is 6.52. The number of aromatic nitrogens is 6. The van der Waals surface area contributed by atoms with E-state index in [1.807, 2.05) is 72.8 Å². The Hall–Kier alpha value is -15.2. The lowest BCUT2D eigenvalue weighted by atomic mass is 9.98. The fourth-order valence-corrected chi connectivity index (χ4v) is 20.2. The van der Waals surface area contributed by atoms with Crippen LogP contribution >= 0.6 is 0 Å². The van der Waals surface area contributed by atoms with Gasteiger partial charge in [-0.1, -0.05) is 36.4 Å². The Morgan fingerprint density at radius 1 is 0.437 bits per heavy atom. The van der Waals surface area contributed by atoms with Crippen LogP contribution in [-0.4, -0.2) is 229 Å². The normalized spacial score (nSPS) is 13.9. The predicted molar refractivity (Wildman–Crippen MR) is 530 cm³/mol. The van der Waals surface area contributed by atoms with Crippen molar-refractivity contribution in [3.63, 3.8) is 0 Å². The zero-order chi connectivity index (χ0) is 104. The van der Waals surface area contributed by atoms with Gasteiger partial charge in [0.2, 0.25) is 23.5 Å². The van der Waals surface area contributed by atoms with Gasteiger partial charge in [0.05, 0.1) is 88.7 Å². The van der Waals surface area contributed by atoms with Crippen LogP contribution in [0, 0.1) is 0 Å². The molecule has 0 bridgehead atoms. The largest absolute Gasteiger partial charge is 0.493 e. The fraction of sp³-hybridized carbons (Fsp3) is 0.283. The van der Waals surface area contributed by atoms with Crippen molar-refractivity contribution in [2.75, 3.05) is 125 Å². The third kappa shape index (κ3) is 24.6. The van der Waals surface area contributed by atoms with Crippen LogP contribution in [-0.2, 0) is 90.7 Å². The number of rotatable bonds is 27. The first-order chi connectivity index (χ1) is 68.8. The SMILES string of the molecule is COc1cc(-c2ccc3c(c2NC(=O)NS(=O)(=O)c2ccc(C(=O)N(C)C)cc2)CCC3)ccn1.COc1cc(-c2ccc3c(c2NC(=O)NS(=O)(=O)c2ccc(C(=O)N(C)C)cc2)CCO3)ccn1.COc1cc(-c2ccc3c(c2NC(=O)NS(=O)(=O)c2ccn(C(C)(C)CN4CC(F)C4)n2)CCO3)ccn1.[2H]C([2H])([2H])Oc1cc(-c2ccc3c(c2NC(=O)NS(=O)(=O)c2ccc(CN(C)C)cc2)CCC3)ccn1. The maximum atomic E-state index is 13.2. The van der Waals surface area contributed by atoms with E-state index in [1.54, 1.807) is 120 Å². The summed E-state index contributed by atoms with van der Waals surface area (Å²) in [5.74, 6) is 1.86. The molecule has 744 valence electrons. The Kier molecular flexibility index (Phi) is 30.6. The van der Waals surface area contributed by atoms with Crippen molar-refractivity contribution in [1.29, 1.82) is 0 Å². The number of aryl methyl sites for hydroxylation is 2. The van der Waals surface area contributed by atoms with E-state index in [4.69, 9.17) is 32.5 Å². The Balaban J connectivity index is 0.000000153. The number of sulfonamides is 4. The van der Waals surface area contributed by atoms with Crippen molar-refractivity contribution >= 4 is 98.8 Å². The molecule has 1 fully saturated rings. The molecule has 0 unspecified atom stereocenters. The zero-order valence-electron chi connectivity index (χ0n) is 82.3. The Morgan fingerprint density at radius 3 is 1.13 bits per heavy atom. The van der Waals surface area contributed by atoms with Crippen LogP contribution in [0.5, 0.6) is 35.0 Å². The number of hydrogen-bond donors (Lipinski definition) is 8. The highest BCUT2D eigenvalue weighted by atomic mass is 32.2. The molecule has 1 saturated heterocycles. The molecule has 8 N–H and O–H groups in total. The van der Waals surface area contributed by atoms with E-state index in [-0.39, 0.29) is 37.4 Å². The number of hydrogen-bond acceptors (Lipinski definition) is 27. The molecule has 0 saturated carbocycles. The lowest BCUT2D eigenvalue weighted by Crippen LogP contribution is -2.54. The maximum Gasteiger partial charge on any atom is 0.333 e. The van der Waals surface area contributed by atoms with Gasteiger partial charge < -0.3 is 64.4 Å². The average Bonchev–Trinajstić information content (AvgIpc) is 1.75. The van der Waals surface area contributed by atoms with Gasteiger partial charge in [0.1, 0.15) is 17.7 Å². The molecular formula is C99H107FN18O20S4. The second-order valence-electron chi connectivity index (χ2n) is 34.6. The maximum absolute atomic E-state index is 13.2. The molecule has 10 amide bonds. The molecule has 7 aromatic carbocycles. The molecule has 5 aromatic heterocycles. The van der Waals surface area contributed by atoms with Gasteiger partial charge >= 0.3 is 24.1 Å². The van der Waals surface area contributed by atoms with E-state index in [2.05, 4.69) is 60.5 Å². The van der Waals surface area contributed by atoms with E-state index in [0.29, 0.717) is 144 Å². The molecule has 0 spiro atoms. The summed E-state index contributed by atoms with van der Waals surface area (Å²) in [4.78, 5) is 98.4. The summed E-state index contributed by atoms with van der Waals surface area (Å²) in [5.41, 5.74) is 14.0. The number of benzene rings is 7. The molecule has 17 rings (SSSR count). The molecule has 0 atom stereocenters. The van der Waals surface area contributed by atoms with E-state index in [0.717, 1.165) is 93.3 Å². The van der Waals surface area contributed by atoms with Crippen molar-refractivity contribution in [3.8, 4) is 79.5 Å². The van der Waals surface area contributed by atoms with E-state index >= 15 is 0 Å². The number of methoxy groups -OCH3 is 4. The highest BCUT2D eigenvalue weighted by Crippen LogP contribution is 2.45. The van der Waals surface area contributed by atoms with Crippen LogP contribution < -0.4 is 68.6 Å². The van der Waals surface area contributed by atoms with Crippen LogP contribution in [0.2, 0.25) is 0 Å². The quantitative estimate of drug-likeness (QED) is 0.0237. The first-order valence-electron chi connectivity index (χ1n) is 46.0. The number of fused-ring (bicyclic) bond motifs is 4. The van der Waals surface area contributed by atoms with Gasteiger partial charge in [-0.05, 0) is 232 Å². The highest BCUT2D eigenvalue weighted by Gasteiger charge is 2.36. The highest BCUT2D eigenvalue weighted by molar-refractivity contribution is 7.91. The van der Waals surface area contributed by atoms with Crippen molar-refractivity contribution in [3.05, 3.63) is 257 Å². The van der Waals surface area contributed by atoms with E-state index in [1.165, 1.54) is 121 Å². The number of nitrogens with one attached hydrogen (secondary N) is 8. The molecule has 0 radical (unpaired) electrons. The van der Waals surface area contributed by atoms with Gasteiger partial charge in [0, 0.05) is 167 Å². The predicted octanol–water partition coefficient (Wildman–Crippen LogP) is 13.0. The molecule has 5 aliphatic rings. The fourth-order valence-electron chi connectivity index (χ4n) is 16.6. The minimum Gasteiger partial charge on any atom is -0.493 e. The third-order valence-corrected chi connectivity index (χ3v) is 28.7. The molecule has 3 aliphatic heterocycles. The number of carbonyl (C=O) groups excluding carboxylic acids is 6. The minimum atomic E-state index is -4.28. The summed E-state index contributed by atoms with van der Waals surface area (Å²) in [6.07, 6.45) is 13.1. The molecular weight excluding hydrogens is 1910 g/mol. The summed E-state index contributed by atoms with van der Waals surface area (Å²) < 4.78 is 180. The minimum absolute atomic E-state index is 0.0238. The van der Waals surface area contributed by atoms with Crippen LogP contribution in [0.25, 0.3) is 44.5 Å². The Bertz CT molecular complexity index is 7180. The molecule has 12 aromatic rings. The van der Waals surface area contributed by atoms with Crippen LogP contribution in [0.3, 0.4) is 0 Å². The third-order valence-electron chi connectivity index (χ3n) is 23.5. The number of amides is 10. The number of likely N-dealkylation sites (tertiary alicyclic amines) is 1. The summed E-state index contributed by atoms with van der Waals surface area (Å²) in [6, 6.07) is 43.3. The van der Waals surface area contributed by atoms with Crippen molar-refractivity contribution in [2.45, 2.75) is 103 Å². The smallest absolute Gasteiger partial charge is 0.333 e. The van der Waals surface area contributed by atoms with Crippen LogP contribution in [0.15, 0.2) is 227 Å². The lowest BCUT2D eigenvalue weighted by Gasteiger charge is -2.40. The number of ether oxygens (including phenoxy) is 6. The van der Waals surface area contributed by atoms with E-state index < -0.39 is 83.0 Å². The first kappa shape index (κ1) is 98.4. The first-order valence-corrected chi connectivity index (χ1v) is 50.5.